The maximum atomic E-state index is 6.16. The van der Waals surface area contributed by atoms with Gasteiger partial charge in [-0.2, -0.15) is 0 Å². The summed E-state index contributed by atoms with van der Waals surface area (Å²) in [7, 11) is 0. The predicted molar refractivity (Wildman–Crippen MR) is 461 cm³/mol. The minimum absolute atomic E-state index is 0.768. The highest BCUT2D eigenvalue weighted by molar-refractivity contribution is 6.31. The first-order valence-electron chi connectivity index (χ1n) is 36.5. The van der Waals surface area contributed by atoms with E-state index in [1.54, 1.807) is 0 Å². The number of hydrogen-bond donors (Lipinski definition) is 1. The number of hydrogen-bond acceptors (Lipinski definition) is 2. The van der Waals surface area contributed by atoms with Gasteiger partial charge in [0.05, 0.1) is 0 Å². The molecule has 0 aliphatic rings. The van der Waals surface area contributed by atoms with E-state index in [4.69, 9.17) is 11.6 Å². The number of rotatable bonds is 11. The molecule has 0 amide bonds. The fourth-order valence-electron chi connectivity index (χ4n) is 15.8. The lowest BCUT2D eigenvalue weighted by atomic mass is 9.89. The second kappa shape index (κ2) is 29.3. The summed E-state index contributed by atoms with van der Waals surface area (Å²) in [6, 6.07) is 152. The molecule has 0 heterocycles. The molecule has 0 spiro atoms. The number of halogens is 1. The molecule has 0 aliphatic heterocycles. The fraction of sp³-hybridized carbons (Fsp3) is 0. The highest BCUT2D eigenvalue weighted by Gasteiger charge is 2.19. The normalized spacial score (nSPS) is 11.2. The van der Waals surface area contributed by atoms with Gasteiger partial charge in [-0.05, 0) is 250 Å². The van der Waals surface area contributed by atoms with Gasteiger partial charge in [0.1, 0.15) is 0 Å². The van der Waals surface area contributed by atoms with E-state index in [1.807, 2.05) is 36.4 Å². The van der Waals surface area contributed by atoms with Crippen LogP contribution in [-0.4, -0.2) is 0 Å². The molecule has 1 N–H and O–H groups in total. The van der Waals surface area contributed by atoms with Crippen LogP contribution in [0.3, 0.4) is 0 Å². The molecule has 504 valence electrons. The Morgan fingerprint density at radius 2 is 0.467 bits per heavy atom. The van der Waals surface area contributed by atoms with Crippen LogP contribution in [0.5, 0.6) is 0 Å². The molecule has 0 saturated carbocycles. The molecule has 20 aromatic carbocycles. The molecule has 0 bridgehead atoms. The van der Waals surface area contributed by atoms with Gasteiger partial charge in [0.25, 0.3) is 0 Å². The van der Waals surface area contributed by atoms with Crippen molar-refractivity contribution in [2.45, 2.75) is 0 Å². The van der Waals surface area contributed by atoms with Crippen molar-refractivity contribution in [2.24, 2.45) is 0 Å². The second-order valence-electron chi connectivity index (χ2n) is 27.2. The molecule has 20 rings (SSSR count). The summed E-state index contributed by atoms with van der Waals surface area (Å²) in [5.74, 6) is 0. The van der Waals surface area contributed by atoms with Crippen LogP contribution in [0.4, 0.5) is 28.4 Å². The summed E-state index contributed by atoms with van der Waals surface area (Å²) in [5, 5.41) is 24.6. The Balaban J connectivity index is 0.000000127. The van der Waals surface area contributed by atoms with Gasteiger partial charge >= 0.3 is 0 Å². The molecule has 0 saturated heterocycles. The molecule has 0 atom stereocenters. The molecular formula is C104H71ClN2. The Hall–Kier alpha value is -13.6. The smallest absolute Gasteiger partial charge is 0.0467 e. The van der Waals surface area contributed by atoms with Crippen LogP contribution in [0.15, 0.2) is 425 Å². The summed E-state index contributed by atoms with van der Waals surface area (Å²) in [5.41, 5.74) is 20.2. The summed E-state index contributed by atoms with van der Waals surface area (Å²) >= 11 is 6.16. The highest BCUT2D eigenvalue weighted by atomic mass is 35.5. The lowest BCUT2D eigenvalue weighted by Gasteiger charge is -2.26. The van der Waals surface area contributed by atoms with E-state index in [9.17, 15) is 0 Å². The maximum Gasteiger partial charge on any atom is 0.0467 e. The second-order valence-corrected chi connectivity index (χ2v) is 27.6. The van der Waals surface area contributed by atoms with Crippen LogP contribution < -0.4 is 10.2 Å². The Kier molecular flexibility index (Phi) is 17.9. The van der Waals surface area contributed by atoms with E-state index in [1.165, 1.54) is 147 Å². The summed E-state index contributed by atoms with van der Waals surface area (Å²) in [6.07, 6.45) is 0. The summed E-state index contributed by atoms with van der Waals surface area (Å²) in [6.45, 7) is 0. The van der Waals surface area contributed by atoms with Crippen LogP contribution in [0.2, 0.25) is 5.02 Å². The Morgan fingerprint density at radius 1 is 0.168 bits per heavy atom. The van der Waals surface area contributed by atoms with E-state index in [0.29, 0.717) is 0 Å². The van der Waals surface area contributed by atoms with Crippen molar-refractivity contribution in [3.63, 3.8) is 0 Å². The topological polar surface area (TPSA) is 15.3 Å². The first-order valence-corrected chi connectivity index (χ1v) is 36.9. The number of para-hydroxylation sites is 2. The van der Waals surface area contributed by atoms with Crippen molar-refractivity contribution in [1.29, 1.82) is 0 Å². The minimum atomic E-state index is 0.768. The Labute approximate surface area is 628 Å². The molecule has 20 aromatic rings. The third kappa shape index (κ3) is 13.1. The summed E-state index contributed by atoms with van der Waals surface area (Å²) in [4.78, 5) is 2.36. The third-order valence-electron chi connectivity index (χ3n) is 20.8. The van der Waals surface area contributed by atoms with Crippen molar-refractivity contribution in [3.05, 3.63) is 430 Å². The van der Waals surface area contributed by atoms with Crippen LogP contribution in [0, 0.1) is 0 Å². The van der Waals surface area contributed by atoms with Gasteiger partial charge in [0.15, 0.2) is 0 Å². The first kappa shape index (κ1) is 65.4. The SMILES string of the molecule is Clc1cccc(-c2cc3ccccc3c3ccccc23)c1.c1ccc(N(c2ccc(-c3ccccc3-c3cc4ccccc4c4ccccc34)cc2)c2cccc(-c3cc4ccccc4c4ccccc34)c2)cc1.c1ccc(Nc2ccc(-c3ccccc3-c3cc4ccccc4c4ccccc34)cc2)cc1. The van der Waals surface area contributed by atoms with Gasteiger partial charge in [-0.15, -0.1) is 0 Å². The van der Waals surface area contributed by atoms with Crippen molar-refractivity contribution in [1.82, 2.24) is 0 Å². The number of benzene rings is 20. The monoisotopic (exact) mass is 1380 g/mol. The van der Waals surface area contributed by atoms with E-state index < -0.39 is 0 Å². The zero-order valence-electron chi connectivity index (χ0n) is 58.7. The maximum absolute atomic E-state index is 6.16. The standard InChI is InChI=1S/C52H35N.C32H23N.C20H13Cl/c1-2-18-40(19-3-1)53(42-20-14-17-37(33-42)51-34-38-15-4-6-22-44(38)46-24-10-12-27-49(46)51)41-31-29-36(30-32-41)43-21-8-9-26-48(43)52-35-39-16-5-7-23-45(39)47-25-11-13-28-50(47)52;1-2-11-25(12-3-1)33-26-20-18-23(19-21-26)27-13-6-7-16-30(27)32-22-24-10-4-5-14-28(24)29-15-8-9-17-31(29)32;21-16-8-5-7-14(12-16)20-13-15-6-1-2-9-17(15)18-10-3-4-11-19(18)20/h1-35H;1-22,33H;1-13H. The molecular weight excluding hydrogens is 1310 g/mol. The van der Waals surface area contributed by atoms with E-state index in [0.717, 1.165) is 39.0 Å². The number of nitrogens with zero attached hydrogens (tertiary/aromatic N) is 1. The number of fused-ring (bicyclic) bond motifs is 12. The lowest BCUT2D eigenvalue weighted by Crippen LogP contribution is -2.09. The van der Waals surface area contributed by atoms with Crippen molar-refractivity contribution < 1.29 is 0 Å². The minimum Gasteiger partial charge on any atom is -0.356 e. The Morgan fingerprint density at radius 3 is 0.897 bits per heavy atom. The predicted octanol–water partition coefficient (Wildman–Crippen LogP) is 30.2. The van der Waals surface area contributed by atoms with E-state index in [2.05, 4.69) is 398 Å². The van der Waals surface area contributed by atoms with Gasteiger partial charge in [0, 0.05) is 33.5 Å². The van der Waals surface area contributed by atoms with Gasteiger partial charge in [0.2, 0.25) is 0 Å². The highest BCUT2D eigenvalue weighted by Crippen LogP contribution is 2.45. The van der Waals surface area contributed by atoms with Crippen LogP contribution >= 0.6 is 11.6 Å². The first-order chi connectivity index (χ1) is 53.0. The summed E-state index contributed by atoms with van der Waals surface area (Å²) < 4.78 is 0. The average Bonchev–Trinajstić information content (AvgIpc) is 0.774. The molecule has 3 heteroatoms. The molecule has 0 fully saturated rings. The van der Waals surface area contributed by atoms with E-state index in [-0.39, 0.29) is 0 Å². The molecule has 0 unspecified atom stereocenters. The van der Waals surface area contributed by atoms with Crippen molar-refractivity contribution in [2.75, 3.05) is 10.2 Å². The Bertz CT molecular complexity index is 6670. The average molecular weight is 1380 g/mol. The van der Waals surface area contributed by atoms with Gasteiger partial charge in [-0.3, -0.25) is 0 Å². The molecule has 0 aromatic heterocycles. The molecule has 2 nitrogen and oxygen atoms in total. The number of nitrogens with one attached hydrogen (secondary N) is 1. The number of anilines is 5. The van der Waals surface area contributed by atoms with Crippen LogP contribution in [0.1, 0.15) is 0 Å². The van der Waals surface area contributed by atoms with Gasteiger partial charge < -0.3 is 10.2 Å². The van der Waals surface area contributed by atoms with Gasteiger partial charge in [-0.25, -0.2) is 0 Å². The lowest BCUT2D eigenvalue weighted by molar-refractivity contribution is 1.28. The van der Waals surface area contributed by atoms with E-state index >= 15 is 0 Å². The molecule has 0 aliphatic carbocycles. The van der Waals surface area contributed by atoms with Crippen molar-refractivity contribution >= 4 is 126 Å². The zero-order chi connectivity index (χ0) is 71.4. The molecule has 107 heavy (non-hydrogen) atoms. The van der Waals surface area contributed by atoms with Crippen LogP contribution in [-0.2, 0) is 0 Å². The van der Waals surface area contributed by atoms with Crippen molar-refractivity contribution in [3.8, 4) is 66.8 Å². The van der Waals surface area contributed by atoms with Gasteiger partial charge in [-0.1, -0.05) is 339 Å². The fourth-order valence-corrected chi connectivity index (χ4v) is 16.0. The van der Waals surface area contributed by atoms with Crippen LogP contribution in [0.25, 0.3) is 153 Å². The molecule has 0 radical (unpaired) electrons. The zero-order valence-corrected chi connectivity index (χ0v) is 59.5. The third-order valence-corrected chi connectivity index (χ3v) is 21.0. The largest absolute Gasteiger partial charge is 0.356 e. The quantitative estimate of drug-likeness (QED) is 0.130.